The monoisotopic (exact) mass is 339 g/mol. The first-order valence-corrected chi connectivity index (χ1v) is 8.43. The van der Waals surface area contributed by atoms with E-state index >= 15 is 0 Å². The smallest absolute Gasteiger partial charge is 0.227 e. The second-order valence-corrected chi connectivity index (χ2v) is 6.84. The van der Waals surface area contributed by atoms with Gasteiger partial charge in [-0.1, -0.05) is 55.8 Å². The quantitative estimate of drug-likeness (QED) is 0.694. The summed E-state index contributed by atoms with van der Waals surface area (Å²) in [5, 5.41) is 3.00. The maximum absolute atomic E-state index is 12.0. The number of halogens is 1. The number of carbonyl (C=O) groups excluding carboxylic acids is 1. The van der Waals surface area contributed by atoms with Gasteiger partial charge in [0.15, 0.2) is 0 Å². The SMILES string of the molecule is CCC(CC)C(=O)Nc1ccc(CC(Br)C(C)C)cc1. The van der Waals surface area contributed by atoms with E-state index in [1.165, 1.54) is 5.56 Å². The van der Waals surface area contributed by atoms with Gasteiger partial charge in [0.1, 0.15) is 0 Å². The van der Waals surface area contributed by atoms with Gasteiger partial charge >= 0.3 is 0 Å². The molecule has 0 aliphatic rings. The van der Waals surface area contributed by atoms with Crippen molar-refractivity contribution in [3.63, 3.8) is 0 Å². The van der Waals surface area contributed by atoms with Crippen LogP contribution < -0.4 is 5.32 Å². The Morgan fingerprint density at radius 2 is 1.70 bits per heavy atom. The molecule has 0 spiro atoms. The molecule has 1 aromatic carbocycles. The second-order valence-electron chi connectivity index (χ2n) is 5.66. The summed E-state index contributed by atoms with van der Waals surface area (Å²) >= 11 is 3.71. The van der Waals surface area contributed by atoms with Crippen molar-refractivity contribution in [3.05, 3.63) is 29.8 Å². The van der Waals surface area contributed by atoms with Crippen LogP contribution in [0, 0.1) is 11.8 Å². The number of amides is 1. The Hall–Kier alpha value is -0.830. The molecule has 3 heteroatoms. The van der Waals surface area contributed by atoms with Crippen LogP contribution in [-0.4, -0.2) is 10.7 Å². The van der Waals surface area contributed by atoms with Gasteiger partial charge in [0, 0.05) is 16.4 Å². The van der Waals surface area contributed by atoms with E-state index in [0.717, 1.165) is 24.9 Å². The van der Waals surface area contributed by atoms with Gasteiger partial charge in [-0.3, -0.25) is 4.79 Å². The van der Waals surface area contributed by atoms with Crippen molar-refractivity contribution >= 4 is 27.5 Å². The highest BCUT2D eigenvalue weighted by atomic mass is 79.9. The fourth-order valence-corrected chi connectivity index (χ4v) is 2.46. The summed E-state index contributed by atoms with van der Waals surface area (Å²) in [5.41, 5.74) is 2.18. The van der Waals surface area contributed by atoms with Crippen molar-refractivity contribution in [2.45, 2.75) is 51.8 Å². The minimum absolute atomic E-state index is 0.113. The van der Waals surface area contributed by atoms with Crippen LogP contribution in [0.3, 0.4) is 0 Å². The first kappa shape index (κ1) is 17.2. The maximum atomic E-state index is 12.0. The Morgan fingerprint density at radius 3 is 2.15 bits per heavy atom. The number of nitrogens with one attached hydrogen (secondary N) is 1. The Labute approximate surface area is 131 Å². The van der Waals surface area contributed by atoms with Crippen molar-refractivity contribution in [2.75, 3.05) is 5.32 Å². The molecule has 0 fully saturated rings. The number of anilines is 1. The molecule has 112 valence electrons. The number of alkyl halides is 1. The molecule has 1 rings (SSSR count). The van der Waals surface area contributed by atoms with E-state index in [4.69, 9.17) is 0 Å². The first-order chi connectivity index (χ1) is 9.47. The second kappa shape index (κ2) is 8.46. The number of hydrogen-bond acceptors (Lipinski definition) is 1. The van der Waals surface area contributed by atoms with E-state index in [2.05, 4.69) is 61.1 Å². The molecule has 0 saturated carbocycles. The van der Waals surface area contributed by atoms with Crippen LogP contribution in [0.2, 0.25) is 0 Å². The summed E-state index contributed by atoms with van der Waals surface area (Å²) in [6, 6.07) is 8.18. The largest absolute Gasteiger partial charge is 0.326 e. The zero-order valence-electron chi connectivity index (χ0n) is 12.9. The van der Waals surface area contributed by atoms with Crippen LogP contribution in [0.15, 0.2) is 24.3 Å². The summed E-state index contributed by atoms with van der Waals surface area (Å²) in [6.07, 6.45) is 2.79. The lowest BCUT2D eigenvalue weighted by atomic mass is 10.0. The third kappa shape index (κ3) is 5.28. The molecule has 0 bridgehead atoms. The Balaban J connectivity index is 2.60. The zero-order valence-corrected chi connectivity index (χ0v) is 14.5. The number of rotatable bonds is 7. The highest BCUT2D eigenvalue weighted by Crippen LogP contribution is 2.20. The van der Waals surface area contributed by atoms with E-state index in [0.29, 0.717) is 10.7 Å². The molecule has 0 heterocycles. The van der Waals surface area contributed by atoms with Gasteiger partial charge in [0.25, 0.3) is 0 Å². The molecule has 1 amide bonds. The minimum Gasteiger partial charge on any atom is -0.326 e. The lowest BCUT2D eigenvalue weighted by Crippen LogP contribution is -2.21. The lowest BCUT2D eigenvalue weighted by molar-refractivity contribution is -0.120. The van der Waals surface area contributed by atoms with E-state index in [1.54, 1.807) is 0 Å². The summed E-state index contributed by atoms with van der Waals surface area (Å²) in [5.74, 6) is 0.857. The summed E-state index contributed by atoms with van der Waals surface area (Å²) in [4.78, 5) is 12.5. The van der Waals surface area contributed by atoms with E-state index < -0.39 is 0 Å². The molecular formula is C17H26BrNO. The molecule has 1 atom stereocenters. The van der Waals surface area contributed by atoms with Gasteiger partial charge < -0.3 is 5.32 Å². The average Bonchev–Trinajstić information content (AvgIpc) is 2.42. The Kier molecular flexibility index (Phi) is 7.28. The fraction of sp³-hybridized carbons (Fsp3) is 0.588. The molecule has 2 nitrogen and oxygen atoms in total. The zero-order chi connectivity index (χ0) is 15.1. The third-order valence-corrected chi connectivity index (χ3v) is 5.11. The maximum Gasteiger partial charge on any atom is 0.227 e. The molecule has 0 aromatic heterocycles. The number of benzene rings is 1. The highest BCUT2D eigenvalue weighted by Gasteiger charge is 2.14. The van der Waals surface area contributed by atoms with Crippen molar-refractivity contribution < 1.29 is 4.79 Å². The van der Waals surface area contributed by atoms with Crippen LogP contribution in [0.25, 0.3) is 0 Å². The van der Waals surface area contributed by atoms with E-state index in [9.17, 15) is 4.79 Å². The molecule has 1 unspecified atom stereocenters. The van der Waals surface area contributed by atoms with Crippen LogP contribution in [0.5, 0.6) is 0 Å². The number of hydrogen-bond donors (Lipinski definition) is 1. The van der Waals surface area contributed by atoms with Crippen LogP contribution in [0.1, 0.15) is 46.1 Å². The lowest BCUT2D eigenvalue weighted by Gasteiger charge is -2.15. The standard InChI is InChI=1S/C17H26BrNO/c1-5-14(6-2)17(20)19-15-9-7-13(8-10-15)11-16(18)12(3)4/h7-10,12,14,16H,5-6,11H2,1-4H3,(H,19,20). The fourth-order valence-electron chi connectivity index (χ4n) is 2.09. The topological polar surface area (TPSA) is 29.1 Å². The van der Waals surface area contributed by atoms with E-state index in [1.807, 2.05) is 12.1 Å². The van der Waals surface area contributed by atoms with Crippen LogP contribution >= 0.6 is 15.9 Å². The highest BCUT2D eigenvalue weighted by molar-refractivity contribution is 9.09. The van der Waals surface area contributed by atoms with Gasteiger partial charge in [-0.2, -0.15) is 0 Å². The predicted molar refractivity (Wildman–Crippen MR) is 90.4 cm³/mol. The predicted octanol–water partition coefficient (Wildman–Crippen LogP) is 5.02. The summed E-state index contributed by atoms with van der Waals surface area (Å²) < 4.78 is 0. The molecule has 0 aliphatic carbocycles. The van der Waals surface area contributed by atoms with Gasteiger partial charge in [0.05, 0.1) is 0 Å². The summed E-state index contributed by atoms with van der Waals surface area (Å²) in [7, 11) is 0. The molecule has 0 aliphatic heterocycles. The minimum atomic E-state index is 0.113. The van der Waals surface area contributed by atoms with Gasteiger partial charge in [-0.15, -0.1) is 0 Å². The molecule has 0 saturated heterocycles. The van der Waals surface area contributed by atoms with Crippen molar-refractivity contribution in [1.29, 1.82) is 0 Å². The molecule has 1 aromatic rings. The molecule has 1 N–H and O–H groups in total. The number of carbonyl (C=O) groups is 1. The van der Waals surface area contributed by atoms with Crippen molar-refractivity contribution in [3.8, 4) is 0 Å². The normalized spacial score (nSPS) is 12.8. The van der Waals surface area contributed by atoms with E-state index in [-0.39, 0.29) is 11.8 Å². The van der Waals surface area contributed by atoms with Crippen LogP contribution in [-0.2, 0) is 11.2 Å². The molecule has 20 heavy (non-hydrogen) atoms. The van der Waals surface area contributed by atoms with Gasteiger partial charge in [-0.25, -0.2) is 0 Å². The van der Waals surface area contributed by atoms with Crippen molar-refractivity contribution in [1.82, 2.24) is 0 Å². The first-order valence-electron chi connectivity index (χ1n) is 7.51. The Bertz CT molecular complexity index is 410. The van der Waals surface area contributed by atoms with Crippen LogP contribution in [0.4, 0.5) is 5.69 Å². The van der Waals surface area contributed by atoms with Gasteiger partial charge in [0.2, 0.25) is 5.91 Å². The Morgan fingerprint density at radius 1 is 1.15 bits per heavy atom. The third-order valence-electron chi connectivity index (χ3n) is 3.73. The molecular weight excluding hydrogens is 314 g/mol. The summed E-state index contributed by atoms with van der Waals surface area (Å²) in [6.45, 7) is 8.53. The van der Waals surface area contributed by atoms with Gasteiger partial charge in [-0.05, 0) is 42.9 Å². The van der Waals surface area contributed by atoms with Crippen molar-refractivity contribution in [2.24, 2.45) is 11.8 Å². The molecule has 0 radical (unpaired) electrons. The average molecular weight is 340 g/mol.